The van der Waals surface area contributed by atoms with Crippen molar-refractivity contribution >= 4 is 5.91 Å². The van der Waals surface area contributed by atoms with E-state index in [1.165, 1.54) is 6.07 Å². The molecule has 0 radical (unpaired) electrons. The van der Waals surface area contributed by atoms with Crippen LogP contribution in [0.1, 0.15) is 24.3 Å². The number of hydrogen-bond donors (Lipinski definition) is 1. The Kier molecular flexibility index (Phi) is 2.73. The van der Waals surface area contributed by atoms with E-state index in [4.69, 9.17) is 0 Å². The zero-order valence-electron chi connectivity index (χ0n) is 8.59. The predicted octanol–water partition coefficient (Wildman–Crippen LogP) is 2.47. The lowest BCUT2D eigenvalue weighted by atomic mass is 9.89. The van der Waals surface area contributed by atoms with Gasteiger partial charge in [-0.2, -0.15) is 0 Å². The average molecular weight is 223 g/mol. The highest BCUT2D eigenvalue weighted by Gasteiger charge is 2.30. The standard InChI is InChI=1S/C12H11F2NO/c1-7-5-6-8(12(16)15-7)11-9(13)3-2-4-10(11)14/h2-4,8H,1,5-6H2,(H,15,16)/t8-/m1/s1. The van der Waals surface area contributed by atoms with Gasteiger partial charge in [0.05, 0.1) is 5.92 Å². The van der Waals surface area contributed by atoms with Crippen molar-refractivity contribution in [3.8, 4) is 0 Å². The van der Waals surface area contributed by atoms with E-state index in [-0.39, 0.29) is 11.5 Å². The molecule has 0 aliphatic carbocycles. The maximum Gasteiger partial charge on any atom is 0.231 e. The molecule has 1 saturated heterocycles. The van der Waals surface area contributed by atoms with Crippen LogP contribution in [0.15, 0.2) is 30.5 Å². The Bertz CT molecular complexity index is 436. The molecular weight excluding hydrogens is 212 g/mol. The molecule has 1 heterocycles. The second-order valence-electron chi connectivity index (χ2n) is 3.82. The number of allylic oxidation sites excluding steroid dienone is 1. The van der Waals surface area contributed by atoms with Crippen molar-refractivity contribution in [2.45, 2.75) is 18.8 Å². The Hall–Kier alpha value is -1.71. The third-order valence-corrected chi connectivity index (χ3v) is 2.70. The SMILES string of the molecule is C=C1CC[C@H](c2c(F)cccc2F)C(=O)N1. The normalized spacial score (nSPS) is 20.8. The van der Waals surface area contributed by atoms with Gasteiger partial charge in [0.1, 0.15) is 11.6 Å². The highest BCUT2D eigenvalue weighted by Crippen LogP contribution is 2.30. The van der Waals surface area contributed by atoms with Crippen LogP contribution in [-0.2, 0) is 4.79 Å². The van der Waals surface area contributed by atoms with Crippen LogP contribution in [0.4, 0.5) is 8.78 Å². The fourth-order valence-corrected chi connectivity index (χ4v) is 1.89. The van der Waals surface area contributed by atoms with Crippen molar-refractivity contribution in [3.05, 3.63) is 47.7 Å². The van der Waals surface area contributed by atoms with E-state index < -0.39 is 17.6 Å². The molecule has 1 aromatic rings. The molecule has 2 nitrogen and oxygen atoms in total. The van der Waals surface area contributed by atoms with Gasteiger partial charge in [-0.05, 0) is 25.0 Å². The largest absolute Gasteiger partial charge is 0.330 e. The minimum Gasteiger partial charge on any atom is -0.330 e. The van der Waals surface area contributed by atoms with E-state index in [9.17, 15) is 13.6 Å². The molecule has 0 unspecified atom stereocenters. The van der Waals surface area contributed by atoms with Crippen LogP contribution < -0.4 is 5.32 Å². The van der Waals surface area contributed by atoms with Crippen LogP contribution in [-0.4, -0.2) is 5.91 Å². The zero-order valence-corrected chi connectivity index (χ0v) is 8.59. The predicted molar refractivity (Wildman–Crippen MR) is 55.6 cm³/mol. The summed E-state index contributed by atoms with van der Waals surface area (Å²) in [5.41, 5.74) is 0.450. The van der Waals surface area contributed by atoms with Crippen LogP contribution in [0.5, 0.6) is 0 Å². The molecule has 1 N–H and O–H groups in total. The summed E-state index contributed by atoms with van der Waals surface area (Å²) >= 11 is 0. The molecule has 1 amide bonds. The van der Waals surface area contributed by atoms with Crippen molar-refractivity contribution < 1.29 is 13.6 Å². The van der Waals surface area contributed by atoms with Gasteiger partial charge in [0.25, 0.3) is 0 Å². The number of benzene rings is 1. The number of carbonyl (C=O) groups is 1. The van der Waals surface area contributed by atoms with Gasteiger partial charge < -0.3 is 5.32 Å². The number of nitrogens with one attached hydrogen (secondary N) is 1. The fraction of sp³-hybridized carbons (Fsp3) is 0.250. The summed E-state index contributed by atoms with van der Waals surface area (Å²) in [7, 11) is 0. The Balaban J connectivity index is 2.37. The summed E-state index contributed by atoms with van der Waals surface area (Å²) in [4.78, 5) is 11.6. The van der Waals surface area contributed by atoms with Gasteiger partial charge in [-0.25, -0.2) is 8.78 Å². The van der Waals surface area contributed by atoms with Crippen molar-refractivity contribution in [1.82, 2.24) is 5.32 Å². The number of piperidine rings is 1. The van der Waals surface area contributed by atoms with Gasteiger partial charge in [-0.3, -0.25) is 4.79 Å². The average Bonchev–Trinajstić information content (AvgIpc) is 2.20. The van der Waals surface area contributed by atoms with Crippen molar-refractivity contribution in [3.63, 3.8) is 0 Å². The Morgan fingerprint density at radius 2 is 1.94 bits per heavy atom. The number of hydrogen-bond acceptors (Lipinski definition) is 1. The van der Waals surface area contributed by atoms with Gasteiger partial charge in [-0.1, -0.05) is 12.6 Å². The molecule has 4 heteroatoms. The van der Waals surface area contributed by atoms with Crippen molar-refractivity contribution in [1.29, 1.82) is 0 Å². The fourth-order valence-electron chi connectivity index (χ4n) is 1.89. The maximum atomic E-state index is 13.5. The molecule has 1 atom stereocenters. The zero-order chi connectivity index (χ0) is 11.7. The number of halogens is 2. The molecule has 16 heavy (non-hydrogen) atoms. The second-order valence-corrected chi connectivity index (χ2v) is 3.82. The van der Waals surface area contributed by atoms with Crippen LogP contribution in [0, 0.1) is 11.6 Å². The number of amides is 1. The van der Waals surface area contributed by atoms with Gasteiger partial charge in [0.2, 0.25) is 5.91 Å². The molecule has 1 aliphatic rings. The van der Waals surface area contributed by atoms with E-state index in [0.717, 1.165) is 12.1 Å². The molecule has 1 aromatic carbocycles. The maximum absolute atomic E-state index is 13.5. The van der Waals surface area contributed by atoms with Crippen molar-refractivity contribution in [2.24, 2.45) is 0 Å². The van der Waals surface area contributed by atoms with Crippen molar-refractivity contribution in [2.75, 3.05) is 0 Å². The monoisotopic (exact) mass is 223 g/mol. The number of rotatable bonds is 1. The summed E-state index contributed by atoms with van der Waals surface area (Å²) in [6, 6.07) is 3.61. The smallest absolute Gasteiger partial charge is 0.231 e. The molecule has 0 spiro atoms. The van der Waals surface area contributed by atoms with Crippen LogP contribution in [0.3, 0.4) is 0 Å². The lowest BCUT2D eigenvalue weighted by Crippen LogP contribution is -2.34. The molecule has 2 rings (SSSR count). The topological polar surface area (TPSA) is 29.1 Å². The van der Waals surface area contributed by atoms with E-state index in [1.54, 1.807) is 0 Å². The molecule has 0 bridgehead atoms. The molecule has 0 aromatic heterocycles. The Labute approximate surface area is 92.0 Å². The third-order valence-electron chi connectivity index (χ3n) is 2.70. The van der Waals surface area contributed by atoms with Gasteiger partial charge in [0, 0.05) is 11.3 Å². The van der Waals surface area contributed by atoms with Crippen LogP contribution in [0.25, 0.3) is 0 Å². The summed E-state index contributed by atoms with van der Waals surface area (Å²) in [6.07, 6.45) is 0.937. The minimum atomic E-state index is -0.758. The van der Waals surface area contributed by atoms with Gasteiger partial charge in [0.15, 0.2) is 0 Å². The van der Waals surface area contributed by atoms with E-state index in [2.05, 4.69) is 11.9 Å². The first-order valence-electron chi connectivity index (χ1n) is 5.02. The number of carbonyl (C=O) groups excluding carboxylic acids is 1. The molecule has 84 valence electrons. The van der Waals surface area contributed by atoms with Crippen LogP contribution in [0.2, 0.25) is 0 Å². The van der Waals surface area contributed by atoms with Gasteiger partial charge in [-0.15, -0.1) is 0 Å². The Morgan fingerprint density at radius 1 is 1.31 bits per heavy atom. The lowest BCUT2D eigenvalue weighted by molar-refractivity contribution is -0.123. The first-order chi connectivity index (χ1) is 7.59. The highest BCUT2D eigenvalue weighted by molar-refractivity contribution is 5.86. The van der Waals surface area contributed by atoms with E-state index in [0.29, 0.717) is 18.5 Å². The molecule has 1 aliphatic heterocycles. The molecular formula is C12H11F2NO. The lowest BCUT2D eigenvalue weighted by Gasteiger charge is -2.24. The van der Waals surface area contributed by atoms with Gasteiger partial charge >= 0.3 is 0 Å². The first kappa shape index (κ1) is 10.8. The Morgan fingerprint density at radius 3 is 2.50 bits per heavy atom. The summed E-state index contributed by atoms with van der Waals surface area (Å²) < 4.78 is 26.9. The van der Waals surface area contributed by atoms with E-state index in [1.807, 2.05) is 0 Å². The summed E-state index contributed by atoms with van der Waals surface area (Å²) in [5, 5.41) is 2.52. The quantitative estimate of drug-likeness (QED) is 0.778. The first-order valence-corrected chi connectivity index (χ1v) is 5.02. The summed E-state index contributed by atoms with van der Waals surface area (Å²) in [6.45, 7) is 3.62. The summed E-state index contributed by atoms with van der Waals surface area (Å²) in [5.74, 6) is -2.49. The molecule has 1 fully saturated rings. The van der Waals surface area contributed by atoms with Crippen LogP contribution >= 0.6 is 0 Å². The van der Waals surface area contributed by atoms with E-state index >= 15 is 0 Å². The highest BCUT2D eigenvalue weighted by atomic mass is 19.1. The third kappa shape index (κ3) is 1.83. The second kappa shape index (κ2) is 4.04. The minimum absolute atomic E-state index is 0.146. The molecule has 0 saturated carbocycles.